The molecule has 1 aromatic heterocycles. The summed E-state index contributed by atoms with van der Waals surface area (Å²) in [5.41, 5.74) is 4.66. The van der Waals surface area contributed by atoms with Crippen molar-refractivity contribution in [1.29, 1.82) is 0 Å². The molecule has 1 N–H and O–H groups in total. The van der Waals surface area contributed by atoms with Crippen LogP contribution in [0.5, 0.6) is 0 Å². The van der Waals surface area contributed by atoms with E-state index in [0.29, 0.717) is 0 Å². The SMILES string of the molecule is CCc1oc2ccccc2c1CNc1ccc(C)cc1. The molecule has 0 saturated carbocycles. The molecular formula is C18H19NO. The van der Waals surface area contributed by atoms with Gasteiger partial charge in [0.1, 0.15) is 11.3 Å². The van der Waals surface area contributed by atoms with E-state index < -0.39 is 0 Å². The molecule has 20 heavy (non-hydrogen) atoms. The van der Waals surface area contributed by atoms with E-state index in [1.54, 1.807) is 0 Å². The summed E-state index contributed by atoms with van der Waals surface area (Å²) in [4.78, 5) is 0. The number of hydrogen-bond acceptors (Lipinski definition) is 2. The molecule has 3 aromatic rings. The molecule has 2 nitrogen and oxygen atoms in total. The number of furan rings is 1. The highest BCUT2D eigenvalue weighted by Gasteiger charge is 2.11. The van der Waals surface area contributed by atoms with Gasteiger partial charge in [-0.3, -0.25) is 0 Å². The first-order valence-corrected chi connectivity index (χ1v) is 7.07. The van der Waals surface area contributed by atoms with Crippen molar-refractivity contribution < 1.29 is 4.42 Å². The molecule has 0 spiro atoms. The molecule has 0 fully saturated rings. The van der Waals surface area contributed by atoms with Gasteiger partial charge in [-0.15, -0.1) is 0 Å². The highest BCUT2D eigenvalue weighted by atomic mass is 16.3. The minimum Gasteiger partial charge on any atom is -0.461 e. The van der Waals surface area contributed by atoms with Crippen molar-refractivity contribution in [2.75, 3.05) is 5.32 Å². The van der Waals surface area contributed by atoms with Crippen LogP contribution >= 0.6 is 0 Å². The van der Waals surface area contributed by atoms with Crippen molar-refractivity contribution in [3.8, 4) is 0 Å². The van der Waals surface area contributed by atoms with Crippen molar-refractivity contribution >= 4 is 16.7 Å². The predicted octanol–water partition coefficient (Wildman–Crippen LogP) is 4.92. The summed E-state index contributed by atoms with van der Waals surface area (Å²) in [6.45, 7) is 5.03. The van der Waals surface area contributed by atoms with E-state index in [-0.39, 0.29) is 0 Å². The van der Waals surface area contributed by atoms with Gasteiger partial charge in [-0.25, -0.2) is 0 Å². The zero-order chi connectivity index (χ0) is 13.9. The quantitative estimate of drug-likeness (QED) is 0.724. The lowest BCUT2D eigenvalue weighted by Gasteiger charge is -2.07. The Balaban J connectivity index is 1.88. The van der Waals surface area contributed by atoms with Crippen LogP contribution in [0.2, 0.25) is 0 Å². The Morgan fingerprint density at radius 2 is 1.75 bits per heavy atom. The van der Waals surface area contributed by atoms with Crippen molar-refractivity contribution in [2.24, 2.45) is 0 Å². The smallest absolute Gasteiger partial charge is 0.134 e. The number of rotatable bonds is 4. The van der Waals surface area contributed by atoms with Crippen LogP contribution in [-0.4, -0.2) is 0 Å². The van der Waals surface area contributed by atoms with Gasteiger partial charge in [-0.1, -0.05) is 42.8 Å². The summed E-state index contributed by atoms with van der Waals surface area (Å²) in [5.74, 6) is 1.07. The molecule has 2 aromatic carbocycles. The zero-order valence-electron chi connectivity index (χ0n) is 11.9. The maximum atomic E-state index is 5.92. The average Bonchev–Trinajstić information content (AvgIpc) is 2.84. The molecule has 0 aliphatic rings. The molecule has 1 heterocycles. The summed E-state index contributed by atoms with van der Waals surface area (Å²) < 4.78 is 5.92. The van der Waals surface area contributed by atoms with Gasteiger partial charge in [-0.05, 0) is 25.1 Å². The van der Waals surface area contributed by atoms with Crippen LogP contribution in [0.3, 0.4) is 0 Å². The first-order chi connectivity index (χ1) is 9.78. The van der Waals surface area contributed by atoms with Crippen molar-refractivity contribution in [2.45, 2.75) is 26.8 Å². The molecule has 0 unspecified atom stereocenters. The van der Waals surface area contributed by atoms with Crippen molar-refractivity contribution in [3.05, 3.63) is 65.4 Å². The highest BCUT2D eigenvalue weighted by molar-refractivity contribution is 5.82. The maximum absolute atomic E-state index is 5.92. The topological polar surface area (TPSA) is 25.2 Å². The van der Waals surface area contributed by atoms with Crippen LogP contribution in [-0.2, 0) is 13.0 Å². The molecular weight excluding hydrogens is 246 g/mol. The second-order valence-electron chi connectivity index (χ2n) is 5.07. The van der Waals surface area contributed by atoms with E-state index in [4.69, 9.17) is 4.42 Å². The number of fused-ring (bicyclic) bond motifs is 1. The fourth-order valence-corrected chi connectivity index (χ4v) is 2.49. The van der Waals surface area contributed by atoms with Crippen molar-refractivity contribution in [1.82, 2.24) is 0 Å². The van der Waals surface area contributed by atoms with Gasteiger partial charge in [-0.2, -0.15) is 0 Å². The van der Waals surface area contributed by atoms with E-state index in [9.17, 15) is 0 Å². The Kier molecular flexibility index (Phi) is 3.46. The molecule has 0 saturated heterocycles. The van der Waals surface area contributed by atoms with Crippen LogP contribution in [0.25, 0.3) is 11.0 Å². The van der Waals surface area contributed by atoms with Gasteiger partial charge in [0.05, 0.1) is 0 Å². The van der Waals surface area contributed by atoms with Crippen LogP contribution in [0.4, 0.5) is 5.69 Å². The Morgan fingerprint density at radius 1 is 1.00 bits per heavy atom. The van der Waals surface area contributed by atoms with Gasteiger partial charge in [0.15, 0.2) is 0 Å². The highest BCUT2D eigenvalue weighted by Crippen LogP contribution is 2.27. The van der Waals surface area contributed by atoms with Crippen LogP contribution in [0.15, 0.2) is 52.9 Å². The molecule has 0 bridgehead atoms. The average molecular weight is 265 g/mol. The van der Waals surface area contributed by atoms with Gasteiger partial charge >= 0.3 is 0 Å². The van der Waals surface area contributed by atoms with E-state index in [2.05, 4.69) is 55.6 Å². The minimum absolute atomic E-state index is 0.795. The van der Waals surface area contributed by atoms with E-state index >= 15 is 0 Å². The van der Waals surface area contributed by atoms with Crippen LogP contribution < -0.4 is 5.32 Å². The summed E-state index contributed by atoms with van der Waals surface area (Å²) in [5, 5.41) is 4.69. The number of para-hydroxylation sites is 1. The third-order valence-corrected chi connectivity index (χ3v) is 3.62. The first-order valence-electron chi connectivity index (χ1n) is 7.07. The summed E-state index contributed by atoms with van der Waals surface area (Å²) in [6.07, 6.45) is 0.916. The van der Waals surface area contributed by atoms with Crippen LogP contribution in [0, 0.1) is 6.92 Å². The largest absolute Gasteiger partial charge is 0.461 e. The molecule has 102 valence electrons. The second-order valence-corrected chi connectivity index (χ2v) is 5.07. The van der Waals surface area contributed by atoms with Gasteiger partial charge < -0.3 is 9.73 Å². The second kappa shape index (κ2) is 5.41. The van der Waals surface area contributed by atoms with Crippen molar-refractivity contribution in [3.63, 3.8) is 0 Å². The van der Waals surface area contributed by atoms with Gasteiger partial charge in [0.2, 0.25) is 0 Å². The molecule has 0 radical (unpaired) electrons. The van der Waals surface area contributed by atoms with Crippen LogP contribution in [0.1, 0.15) is 23.8 Å². The normalized spacial score (nSPS) is 10.9. The summed E-state index contributed by atoms with van der Waals surface area (Å²) >= 11 is 0. The minimum atomic E-state index is 0.795. The molecule has 0 amide bonds. The Morgan fingerprint density at radius 3 is 2.50 bits per heavy atom. The number of benzene rings is 2. The monoisotopic (exact) mass is 265 g/mol. The fraction of sp³-hybridized carbons (Fsp3) is 0.222. The summed E-state index contributed by atoms with van der Waals surface area (Å²) in [6, 6.07) is 16.7. The Hall–Kier alpha value is -2.22. The summed E-state index contributed by atoms with van der Waals surface area (Å²) in [7, 11) is 0. The zero-order valence-corrected chi connectivity index (χ0v) is 11.9. The fourth-order valence-electron chi connectivity index (χ4n) is 2.49. The number of aryl methyl sites for hydroxylation is 2. The maximum Gasteiger partial charge on any atom is 0.134 e. The van der Waals surface area contributed by atoms with Gasteiger partial charge in [0.25, 0.3) is 0 Å². The number of nitrogens with one attached hydrogen (secondary N) is 1. The van der Waals surface area contributed by atoms with E-state index in [1.807, 2.05) is 12.1 Å². The Labute approximate surface area is 119 Å². The molecule has 3 rings (SSSR count). The third-order valence-electron chi connectivity index (χ3n) is 3.62. The standard InChI is InChI=1S/C18H19NO/c1-3-17-16(15-6-4-5-7-18(15)20-17)12-19-14-10-8-13(2)9-11-14/h4-11,19H,3,12H2,1-2H3. The predicted molar refractivity (Wildman–Crippen MR) is 84.1 cm³/mol. The van der Waals surface area contributed by atoms with E-state index in [1.165, 1.54) is 16.5 Å². The number of anilines is 1. The lowest BCUT2D eigenvalue weighted by atomic mass is 10.1. The molecule has 0 aliphatic heterocycles. The molecule has 0 aliphatic carbocycles. The molecule has 0 atom stereocenters. The number of hydrogen-bond donors (Lipinski definition) is 1. The third kappa shape index (κ3) is 2.42. The van der Waals surface area contributed by atoms with Gasteiger partial charge in [0, 0.05) is 29.6 Å². The lowest BCUT2D eigenvalue weighted by Crippen LogP contribution is -2.00. The molecule has 2 heteroatoms. The lowest BCUT2D eigenvalue weighted by molar-refractivity contribution is 0.551. The van der Waals surface area contributed by atoms with E-state index in [0.717, 1.165) is 30.0 Å². The Bertz CT molecular complexity index is 710. The first kappa shape index (κ1) is 12.8.